The lowest BCUT2D eigenvalue weighted by molar-refractivity contribution is -0.132. The Morgan fingerprint density at radius 2 is 1.95 bits per heavy atom. The van der Waals surface area contributed by atoms with Crippen LogP contribution in [0, 0.1) is 0 Å². The summed E-state index contributed by atoms with van der Waals surface area (Å²) in [7, 11) is 1.73. The molecule has 0 aliphatic carbocycles. The van der Waals surface area contributed by atoms with E-state index in [1.807, 2.05) is 29.2 Å². The van der Waals surface area contributed by atoms with Crippen molar-refractivity contribution in [3.8, 4) is 5.75 Å². The van der Waals surface area contributed by atoms with Crippen LogP contribution >= 0.6 is 0 Å². The third-order valence-corrected chi connectivity index (χ3v) is 3.93. The predicted molar refractivity (Wildman–Crippen MR) is 80.5 cm³/mol. The van der Waals surface area contributed by atoms with Gasteiger partial charge in [0.1, 0.15) is 5.75 Å². The van der Waals surface area contributed by atoms with E-state index in [9.17, 15) is 9.59 Å². The fraction of sp³-hybridized carbons (Fsp3) is 0.375. The fourth-order valence-electron chi connectivity index (χ4n) is 2.70. The average Bonchev–Trinajstić information content (AvgIpc) is 3.03. The van der Waals surface area contributed by atoms with Gasteiger partial charge < -0.3 is 14.2 Å². The number of hydrogen-bond donors (Lipinski definition) is 0. The molecule has 0 saturated carbocycles. The summed E-state index contributed by atoms with van der Waals surface area (Å²) >= 11 is 0. The molecule has 1 aliphatic heterocycles. The number of carbonyl (C=O) groups excluding carboxylic acids is 1. The molecule has 0 N–H and O–H groups in total. The van der Waals surface area contributed by atoms with Crippen molar-refractivity contribution in [3.63, 3.8) is 0 Å². The minimum absolute atomic E-state index is 0.0164. The number of likely N-dealkylation sites (tertiary alicyclic amines) is 1. The van der Waals surface area contributed by atoms with E-state index in [1.54, 1.807) is 11.6 Å². The molecule has 1 aromatic heterocycles. The number of aryl methyl sites for hydroxylation is 1. The van der Waals surface area contributed by atoms with Gasteiger partial charge in [-0.05, 0) is 25.0 Å². The van der Waals surface area contributed by atoms with Crippen molar-refractivity contribution < 1.29 is 9.53 Å². The fourth-order valence-corrected chi connectivity index (χ4v) is 2.70. The van der Waals surface area contributed by atoms with Gasteiger partial charge in [0, 0.05) is 31.6 Å². The zero-order chi connectivity index (χ0) is 14.8. The summed E-state index contributed by atoms with van der Waals surface area (Å²) < 4.78 is 7.20. The maximum absolute atomic E-state index is 12.0. The van der Waals surface area contributed by atoms with E-state index in [-0.39, 0.29) is 18.1 Å². The molecule has 3 rings (SSSR count). The Hall–Kier alpha value is -2.30. The number of aromatic nitrogens is 1. The molecule has 0 unspecified atom stereocenters. The highest BCUT2D eigenvalue weighted by Crippen LogP contribution is 2.23. The van der Waals surface area contributed by atoms with Crippen molar-refractivity contribution in [3.05, 3.63) is 40.7 Å². The third kappa shape index (κ3) is 2.63. The number of carbonyl (C=O) groups is 1. The van der Waals surface area contributed by atoms with Gasteiger partial charge in [-0.1, -0.05) is 12.1 Å². The molecule has 0 radical (unpaired) electrons. The first-order chi connectivity index (χ1) is 10.2. The average molecular weight is 286 g/mol. The molecule has 21 heavy (non-hydrogen) atoms. The summed E-state index contributed by atoms with van der Waals surface area (Å²) in [5, 5.41) is 0.842. The first-order valence-corrected chi connectivity index (χ1v) is 7.16. The quantitative estimate of drug-likeness (QED) is 0.860. The van der Waals surface area contributed by atoms with Gasteiger partial charge in [-0.3, -0.25) is 9.59 Å². The van der Waals surface area contributed by atoms with Gasteiger partial charge in [0.2, 0.25) is 0 Å². The molecule has 0 spiro atoms. The maximum atomic E-state index is 12.0. The van der Waals surface area contributed by atoms with Crippen LogP contribution in [0.25, 0.3) is 10.9 Å². The van der Waals surface area contributed by atoms with E-state index in [1.165, 1.54) is 6.07 Å². The van der Waals surface area contributed by atoms with Gasteiger partial charge in [0.25, 0.3) is 11.5 Å². The first kappa shape index (κ1) is 13.7. The van der Waals surface area contributed by atoms with Crippen molar-refractivity contribution >= 4 is 16.8 Å². The van der Waals surface area contributed by atoms with Gasteiger partial charge >= 0.3 is 0 Å². The Labute approximate surface area is 122 Å². The van der Waals surface area contributed by atoms with Gasteiger partial charge in [-0.2, -0.15) is 0 Å². The largest absolute Gasteiger partial charge is 0.483 e. The lowest BCUT2D eigenvalue weighted by Gasteiger charge is -2.16. The molecule has 1 aliphatic rings. The lowest BCUT2D eigenvalue weighted by Crippen LogP contribution is -2.32. The van der Waals surface area contributed by atoms with Gasteiger partial charge in [-0.25, -0.2) is 0 Å². The summed E-state index contributed by atoms with van der Waals surface area (Å²) in [6.07, 6.45) is 2.11. The summed E-state index contributed by atoms with van der Waals surface area (Å²) in [6, 6.07) is 8.97. The van der Waals surface area contributed by atoms with Crippen LogP contribution in [-0.2, 0) is 11.8 Å². The number of amides is 1. The lowest BCUT2D eigenvalue weighted by atomic mass is 10.2. The van der Waals surface area contributed by atoms with Gasteiger partial charge in [0.05, 0.1) is 5.52 Å². The van der Waals surface area contributed by atoms with E-state index >= 15 is 0 Å². The highest BCUT2D eigenvalue weighted by Gasteiger charge is 2.18. The molecule has 5 heteroatoms. The molecule has 1 aromatic carbocycles. The second-order valence-corrected chi connectivity index (χ2v) is 5.30. The second kappa shape index (κ2) is 5.60. The monoisotopic (exact) mass is 286 g/mol. The normalized spacial score (nSPS) is 14.6. The zero-order valence-electron chi connectivity index (χ0n) is 12.0. The zero-order valence-corrected chi connectivity index (χ0v) is 12.0. The van der Waals surface area contributed by atoms with Crippen LogP contribution in [0.4, 0.5) is 0 Å². The summed E-state index contributed by atoms with van der Waals surface area (Å²) in [4.78, 5) is 25.8. The van der Waals surface area contributed by atoms with E-state index in [2.05, 4.69) is 0 Å². The Balaban J connectivity index is 1.85. The van der Waals surface area contributed by atoms with Crippen molar-refractivity contribution in [2.45, 2.75) is 12.8 Å². The number of pyridine rings is 1. The summed E-state index contributed by atoms with van der Waals surface area (Å²) in [5.74, 6) is 0.457. The van der Waals surface area contributed by atoms with Crippen molar-refractivity contribution in [1.29, 1.82) is 0 Å². The Morgan fingerprint density at radius 3 is 2.71 bits per heavy atom. The SMILES string of the molecule is Cn1c(=O)cc(OCC(=O)N2CCCC2)c2ccccc21. The van der Waals surface area contributed by atoms with Gasteiger partial charge in [0.15, 0.2) is 6.61 Å². The van der Waals surface area contributed by atoms with Crippen LogP contribution in [0.3, 0.4) is 0 Å². The van der Waals surface area contributed by atoms with Crippen LogP contribution in [0.1, 0.15) is 12.8 Å². The number of benzene rings is 1. The van der Waals surface area contributed by atoms with Crippen LogP contribution in [-0.4, -0.2) is 35.1 Å². The minimum Gasteiger partial charge on any atom is -0.483 e. The summed E-state index contributed by atoms with van der Waals surface area (Å²) in [6.45, 7) is 1.59. The van der Waals surface area contributed by atoms with Crippen molar-refractivity contribution in [2.75, 3.05) is 19.7 Å². The highest BCUT2D eigenvalue weighted by molar-refractivity contribution is 5.86. The van der Waals surface area contributed by atoms with Crippen LogP contribution in [0.5, 0.6) is 5.75 Å². The van der Waals surface area contributed by atoms with Crippen molar-refractivity contribution in [2.24, 2.45) is 7.05 Å². The van der Waals surface area contributed by atoms with E-state index in [0.29, 0.717) is 5.75 Å². The number of hydrogen-bond acceptors (Lipinski definition) is 3. The smallest absolute Gasteiger partial charge is 0.260 e. The Bertz CT molecular complexity index is 730. The number of fused-ring (bicyclic) bond motifs is 1. The molecule has 1 amide bonds. The van der Waals surface area contributed by atoms with E-state index in [4.69, 9.17) is 4.74 Å². The molecule has 1 saturated heterocycles. The molecule has 5 nitrogen and oxygen atoms in total. The number of para-hydroxylation sites is 1. The minimum atomic E-state index is -0.141. The molecule has 110 valence electrons. The van der Waals surface area contributed by atoms with E-state index < -0.39 is 0 Å². The maximum Gasteiger partial charge on any atom is 0.260 e. The molecule has 2 heterocycles. The van der Waals surface area contributed by atoms with E-state index in [0.717, 1.165) is 36.8 Å². The summed E-state index contributed by atoms with van der Waals surface area (Å²) in [5.41, 5.74) is 0.658. The Morgan fingerprint density at radius 1 is 1.24 bits per heavy atom. The molecule has 2 aromatic rings. The van der Waals surface area contributed by atoms with Gasteiger partial charge in [-0.15, -0.1) is 0 Å². The predicted octanol–water partition coefficient (Wildman–Crippen LogP) is 1.54. The Kier molecular flexibility index (Phi) is 3.64. The highest BCUT2D eigenvalue weighted by atomic mass is 16.5. The molecule has 1 fully saturated rings. The first-order valence-electron chi connectivity index (χ1n) is 7.16. The molecule has 0 bridgehead atoms. The molecule has 0 atom stereocenters. The van der Waals surface area contributed by atoms with Crippen LogP contribution < -0.4 is 10.3 Å². The standard InChI is InChI=1S/C16H18N2O3/c1-17-13-7-3-2-6-12(13)14(10-15(17)19)21-11-16(20)18-8-4-5-9-18/h2-3,6-7,10H,4-5,8-9,11H2,1H3. The third-order valence-electron chi connectivity index (χ3n) is 3.93. The number of ether oxygens (including phenoxy) is 1. The molecular weight excluding hydrogens is 268 g/mol. The number of nitrogens with zero attached hydrogens (tertiary/aromatic N) is 2. The van der Waals surface area contributed by atoms with Crippen molar-refractivity contribution in [1.82, 2.24) is 9.47 Å². The van der Waals surface area contributed by atoms with Crippen LogP contribution in [0.15, 0.2) is 35.1 Å². The topological polar surface area (TPSA) is 51.5 Å². The van der Waals surface area contributed by atoms with Crippen LogP contribution in [0.2, 0.25) is 0 Å². The molecular formula is C16H18N2O3. The second-order valence-electron chi connectivity index (χ2n) is 5.30. The number of rotatable bonds is 3.